The maximum Gasteiger partial charge on any atom is 0.213 e. The van der Waals surface area contributed by atoms with Gasteiger partial charge in [-0.1, -0.05) is 18.2 Å². The number of aliphatic hydroxyl groups excluding tert-OH is 1. The minimum absolute atomic E-state index is 0.00854. The molecule has 0 aliphatic carbocycles. The number of hydrogen-bond acceptors (Lipinski definition) is 4. The van der Waals surface area contributed by atoms with Gasteiger partial charge in [-0.2, -0.15) is 0 Å². The Hall–Kier alpha value is -2.07. The molecule has 0 spiro atoms. The maximum absolute atomic E-state index is 9.03. The van der Waals surface area contributed by atoms with E-state index < -0.39 is 0 Å². The predicted molar refractivity (Wildman–Crippen MR) is 67.5 cm³/mol. The van der Waals surface area contributed by atoms with Gasteiger partial charge in [-0.05, 0) is 23.8 Å². The third-order valence-corrected chi connectivity index (χ3v) is 2.46. The summed E-state index contributed by atoms with van der Waals surface area (Å²) in [5.74, 6) is 1.28. The van der Waals surface area contributed by atoms with E-state index >= 15 is 0 Å². The van der Waals surface area contributed by atoms with Crippen LogP contribution in [0.1, 0.15) is 11.3 Å². The molecule has 0 unspecified atom stereocenters. The molecule has 18 heavy (non-hydrogen) atoms. The van der Waals surface area contributed by atoms with Gasteiger partial charge in [-0.3, -0.25) is 0 Å². The molecule has 4 heteroatoms. The Morgan fingerprint density at radius 2 is 2.00 bits per heavy atom. The van der Waals surface area contributed by atoms with Crippen molar-refractivity contribution >= 4 is 0 Å². The van der Waals surface area contributed by atoms with Gasteiger partial charge in [-0.15, -0.1) is 0 Å². The summed E-state index contributed by atoms with van der Waals surface area (Å²) >= 11 is 0. The number of nitrogens with zero attached hydrogens (tertiary/aromatic N) is 1. The second kappa shape index (κ2) is 6.02. The highest BCUT2D eigenvalue weighted by Crippen LogP contribution is 2.15. The Bertz CT molecular complexity index is 466. The van der Waals surface area contributed by atoms with E-state index in [-0.39, 0.29) is 6.61 Å². The van der Waals surface area contributed by atoms with Gasteiger partial charge in [0, 0.05) is 6.07 Å². The van der Waals surface area contributed by atoms with Crippen LogP contribution in [-0.4, -0.2) is 17.2 Å². The zero-order valence-electron chi connectivity index (χ0n) is 10.2. The van der Waals surface area contributed by atoms with Crippen LogP contribution >= 0.6 is 0 Å². The molecule has 0 saturated carbocycles. The second-order valence-corrected chi connectivity index (χ2v) is 3.77. The molecule has 4 nitrogen and oxygen atoms in total. The van der Waals surface area contributed by atoms with Gasteiger partial charge in [0.15, 0.2) is 0 Å². The highest BCUT2D eigenvalue weighted by molar-refractivity contribution is 5.28. The van der Waals surface area contributed by atoms with Crippen LogP contribution in [0.5, 0.6) is 11.6 Å². The van der Waals surface area contributed by atoms with Crippen LogP contribution in [0.15, 0.2) is 42.5 Å². The van der Waals surface area contributed by atoms with Crippen molar-refractivity contribution in [3.8, 4) is 11.6 Å². The number of benzene rings is 1. The molecule has 0 saturated heterocycles. The summed E-state index contributed by atoms with van der Waals surface area (Å²) in [6.45, 7) is 0.376. The molecule has 1 aromatic carbocycles. The number of rotatable bonds is 5. The molecule has 0 aliphatic heterocycles. The van der Waals surface area contributed by atoms with Crippen molar-refractivity contribution in [3.63, 3.8) is 0 Å². The van der Waals surface area contributed by atoms with E-state index in [0.717, 1.165) is 11.3 Å². The van der Waals surface area contributed by atoms with Crippen molar-refractivity contribution in [2.45, 2.75) is 13.2 Å². The van der Waals surface area contributed by atoms with Gasteiger partial charge in [0.1, 0.15) is 12.4 Å². The van der Waals surface area contributed by atoms with E-state index in [2.05, 4.69) is 4.98 Å². The fourth-order valence-electron chi connectivity index (χ4n) is 1.54. The fraction of sp³-hybridized carbons (Fsp3) is 0.214. The van der Waals surface area contributed by atoms with E-state index in [4.69, 9.17) is 14.6 Å². The SMILES string of the molecule is COc1cccc(COc2cccc(CO)c2)n1. The maximum atomic E-state index is 9.03. The molecular formula is C14H15NO3. The lowest BCUT2D eigenvalue weighted by Gasteiger charge is -2.07. The van der Waals surface area contributed by atoms with Gasteiger partial charge in [0.25, 0.3) is 0 Å². The molecule has 2 rings (SSSR count). The number of aromatic nitrogens is 1. The quantitative estimate of drug-likeness (QED) is 0.877. The largest absolute Gasteiger partial charge is 0.487 e. The first-order chi connectivity index (χ1) is 8.81. The third kappa shape index (κ3) is 3.21. The monoisotopic (exact) mass is 245 g/mol. The zero-order chi connectivity index (χ0) is 12.8. The predicted octanol–water partition coefficient (Wildman–Crippen LogP) is 2.16. The number of ether oxygens (including phenoxy) is 2. The average Bonchev–Trinajstić information content (AvgIpc) is 2.45. The van der Waals surface area contributed by atoms with Gasteiger partial charge >= 0.3 is 0 Å². The molecule has 0 atom stereocenters. The summed E-state index contributed by atoms with van der Waals surface area (Å²) in [5, 5.41) is 9.03. The van der Waals surface area contributed by atoms with E-state index in [1.807, 2.05) is 30.3 Å². The molecule has 0 radical (unpaired) electrons. The summed E-state index contributed by atoms with van der Waals surface area (Å²) in [6.07, 6.45) is 0. The van der Waals surface area contributed by atoms with Crippen molar-refractivity contribution in [1.82, 2.24) is 4.98 Å². The molecule has 94 valence electrons. The van der Waals surface area contributed by atoms with Crippen LogP contribution in [0.4, 0.5) is 0 Å². The first-order valence-electron chi connectivity index (χ1n) is 5.64. The topological polar surface area (TPSA) is 51.6 Å². The molecule has 1 heterocycles. The lowest BCUT2D eigenvalue weighted by atomic mass is 10.2. The summed E-state index contributed by atoms with van der Waals surface area (Å²) in [6, 6.07) is 12.9. The second-order valence-electron chi connectivity index (χ2n) is 3.77. The Labute approximate surface area is 106 Å². The number of aliphatic hydroxyl groups is 1. The van der Waals surface area contributed by atoms with Crippen molar-refractivity contribution in [2.75, 3.05) is 7.11 Å². The minimum Gasteiger partial charge on any atom is -0.487 e. The van der Waals surface area contributed by atoms with E-state index in [0.29, 0.717) is 18.2 Å². The van der Waals surface area contributed by atoms with Crippen LogP contribution in [0.3, 0.4) is 0 Å². The summed E-state index contributed by atoms with van der Waals surface area (Å²) in [7, 11) is 1.58. The zero-order valence-corrected chi connectivity index (χ0v) is 10.2. The van der Waals surface area contributed by atoms with Crippen LogP contribution < -0.4 is 9.47 Å². The Morgan fingerprint density at radius 1 is 1.17 bits per heavy atom. The van der Waals surface area contributed by atoms with Gasteiger partial charge in [-0.25, -0.2) is 4.98 Å². The van der Waals surface area contributed by atoms with E-state index in [9.17, 15) is 0 Å². The summed E-state index contributed by atoms with van der Waals surface area (Å²) in [5.41, 5.74) is 1.62. The fourth-order valence-corrected chi connectivity index (χ4v) is 1.54. The van der Waals surface area contributed by atoms with Crippen molar-refractivity contribution in [2.24, 2.45) is 0 Å². The van der Waals surface area contributed by atoms with Crippen LogP contribution in [0, 0.1) is 0 Å². The first kappa shape index (κ1) is 12.4. The smallest absolute Gasteiger partial charge is 0.213 e. The van der Waals surface area contributed by atoms with Crippen LogP contribution in [0.25, 0.3) is 0 Å². The van der Waals surface area contributed by atoms with Gasteiger partial charge < -0.3 is 14.6 Å². The normalized spacial score (nSPS) is 10.1. The van der Waals surface area contributed by atoms with Crippen molar-refractivity contribution in [3.05, 3.63) is 53.7 Å². The van der Waals surface area contributed by atoms with E-state index in [1.165, 1.54) is 0 Å². The lowest BCUT2D eigenvalue weighted by molar-refractivity contribution is 0.277. The van der Waals surface area contributed by atoms with Crippen molar-refractivity contribution < 1.29 is 14.6 Å². The van der Waals surface area contributed by atoms with Gasteiger partial charge in [0.2, 0.25) is 5.88 Å². The summed E-state index contributed by atoms with van der Waals surface area (Å²) < 4.78 is 10.6. The average molecular weight is 245 g/mol. The molecule has 0 aliphatic rings. The van der Waals surface area contributed by atoms with Crippen molar-refractivity contribution in [1.29, 1.82) is 0 Å². The molecule has 0 bridgehead atoms. The van der Waals surface area contributed by atoms with Crippen LogP contribution in [0.2, 0.25) is 0 Å². The standard InChI is InChI=1S/C14H15NO3/c1-17-14-7-3-5-12(15-14)10-18-13-6-2-4-11(8-13)9-16/h2-8,16H,9-10H2,1H3. The number of hydrogen-bond donors (Lipinski definition) is 1. The highest BCUT2D eigenvalue weighted by atomic mass is 16.5. The molecule has 0 fully saturated rings. The Balaban J connectivity index is 2.01. The molecule has 1 N–H and O–H groups in total. The molecule has 2 aromatic rings. The molecule has 1 aromatic heterocycles. The number of methoxy groups -OCH3 is 1. The lowest BCUT2D eigenvalue weighted by Crippen LogP contribution is -1.99. The first-order valence-corrected chi connectivity index (χ1v) is 5.64. The van der Waals surface area contributed by atoms with E-state index in [1.54, 1.807) is 19.2 Å². The number of pyridine rings is 1. The Kier molecular flexibility index (Phi) is 4.15. The highest BCUT2D eigenvalue weighted by Gasteiger charge is 2.00. The molecule has 0 amide bonds. The summed E-state index contributed by atoms with van der Waals surface area (Å²) in [4.78, 5) is 4.25. The Morgan fingerprint density at radius 3 is 2.78 bits per heavy atom. The molecular weight excluding hydrogens is 230 g/mol. The van der Waals surface area contributed by atoms with Gasteiger partial charge in [0.05, 0.1) is 19.4 Å². The minimum atomic E-state index is 0.00854. The third-order valence-electron chi connectivity index (χ3n) is 2.46. The van der Waals surface area contributed by atoms with Crippen LogP contribution in [-0.2, 0) is 13.2 Å².